The van der Waals surface area contributed by atoms with Crippen molar-refractivity contribution in [2.24, 2.45) is 22.9 Å². The van der Waals surface area contributed by atoms with Crippen molar-refractivity contribution in [3.63, 3.8) is 0 Å². The molecule has 54 heavy (non-hydrogen) atoms. The fraction of sp³-hybridized carbons (Fsp3) is 0.465. The number of allylic oxidation sites excluding steroid dienone is 1. The molecule has 1 aliphatic heterocycles. The van der Waals surface area contributed by atoms with Gasteiger partial charge in [-0.05, 0) is 96.7 Å². The van der Waals surface area contributed by atoms with Crippen molar-refractivity contribution in [3.8, 4) is 11.5 Å². The second-order valence-corrected chi connectivity index (χ2v) is 15.4. The van der Waals surface area contributed by atoms with Crippen molar-refractivity contribution >= 4 is 23.6 Å². The molecule has 0 unspecified atom stereocenters. The van der Waals surface area contributed by atoms with Gasteiger partial charge in [0.25, 0.3) is 0 Å². The number of thioether (sulfide) groups is 1. The van der Waals surface area contributed by atoms with Crippen molar-refractivity contribution in [3.05, 3.63) is 114 Å². The number of ether oxygens (including phenoxy) is 3. The summed E-state index contributed by atoms with van der Waals surface area (Å²) in [5.41, 5.74) is 5.08. The van der Waals surface area contributed by atoms with E-state index in [9.17, 15) is 15.0 Å². The van der Waals surface area contributed by atoms with Crippen molar-refractivity contribution in [2.45, 2.75) is 74.9 Å². The van der Waals surface area contributed by atoms with Crippen molar-refractivity contribution < 1.29 is 34.1 Å². The van der Waals surface area contributed by atoms with Crippen LogP contribution in [0.3, 0.4) is 0 Å². The number of hydrogen-bond acceptors (Lipinski definition) is 10. The lowest BCUT2D eigenvalue weighted by molar-refractivity contribution is -0.223. The van der Waals surface area contributed by atoms with E-state index in [0.717, 1.165) is 60.3 Å². The molecule has 1 fully saturated rings. The first-order valence-corrected chi connectivity index (χ1v) is 20.2. The molecule has 1 aromatic heterocycles. The standard InChI is InChI=1S/C43H53N3O7S/c1-3-24-51-43-39(54-25-19-30-17-20-44-21-18-30)28-37(46-50-2)35-26-32(13-7-9-22-47)34(14-8-10-23-48)40(41(35)43)36-27-33(15-16-38(36)53-43)52-42(49)45-29-31-11-5-4-6-12-31/h3-6,11-12,15-18,20-21,26-27,32,34,39-41,47-48H,1,7-10,13-14,19,22-25,28-29H2,2H3,(H,45,49)/t32-,34+,39-,40+,41+,43+/m0/s1. The summed E-state index contributed by atoms with van der Waals surface area (Å²) in [7, 11) is 1.59. The number of aromatic nitrogens is 1. The van der Waals surface area contributed by atoms with E-state index in [2.05, 4.69) is 28.1 Å². The van der Waals surface area contributed by atoms with Gasteiger partial charge in [0, 0.05) is 50.1 Å². The normalized spacial score (nSPS) is 24.8. The van der Waals surface area contributed by atoms with E-state index >= 15 is 0 Å². The molecule has 6 rings (SSSR count). The van der Waals surface area contributed by atoms with Crippen LogP contribution in [0.5, 0.6) is 11.5 Å². The predicted octanol–water partition coefficient (Wildman–Crippen LogP) is 7.61. The van der Waals surface area contributed by atoms with Gasteiger partial charge in [-0.1, -0.05) is 60.5 Å². The summed E-state index contributed by atoms with van der Waals surface area (Å²) >= 11 is 1.82. The van der Waals surface area contributed by atoms with Crippen LogP contribution in [0, 0.1) is 17.8 Å². The molecule has 2 heterocycles. The van der Waals surface area contributed by atoms with Crippen molar-refractivity contribution in [2.75, 3.05) is 32.7 Å². The van der Waals surface area contributed by atoms with Crippen molar-refractivity contribution in [1.82, 2.24) is 10.3 Å². The maximum Gasteiger partial charge on any atom is 0.412 e. The van der Waals surface area contributed by atoms with Gasteiger partial charge >= 0.3 is 6.09 Å². The number of nitrogens with one attached hydrogen (secondary N) is 1. The molecule has 10 nitrogen and oxygen atoms in total. The number of amides is 1. The first-order chi connectivity index (χ1) is 26.5. The lowest BCUT2D eigenvalue weighted by Crippen LogP contribution is -2.64. The smallest absolute Gasteiger partial charge is 0.412 e. The number of unbranched alkanes of at least 4 members (excludes halogenated alkanes) is 2. The van der Waals surface area contributed by atoms with Crippen LogP contribution in [0.4, 0.5) is 4.79 Å². The van der Waals surface area contributed by atoms with E-state index in [1.54, 1.807) is 19.3 Å². The Bertz CT molecular complexity index is 1740. The Morgan fingerprint density at radius 1 is 1.06 bits per heavy atom. The van der Waals surface area contributed by atoms with Gasteiger partial charge in [-0.25, -0.2) is 4.79 Å². The molecule has 0 bridgehead atoms. The van der Waals surface area contributed by atoms with Gasteiger partial charge in [0.05, 0.1) is 23.5 Å². The highest BCUT2D eigenvalue weighted by molar-refractivity contribution is 8.00. The number of carbonyl (C=O) groups is 1. The lowest BCUT2D eigenvalue weighted by atomic mass is 9.56. The number of benzene rings is 2. The third-order valence-electron chi connectivity index (χ3n) is 10.8. The minimum Gasteiger partial charge on any atom is -0.460 e. The number of fused-ring (bicyclic) bond motifs is 2. The number of nitrogens with zero attached hydrogens (tertiary/aromatic N) is 2. The minimum absolute atomic E-state index is 0.0991. The number of aliphatic hydroxyl groups is 2. The van der Waals surface area contributed by atoms with Crippen LogP contribution in [-0.2, 0) is 22.5 Å². The zero-order valence-electron chi connectivity index (χ0n) is 31.1. The fourth-order valence-corrected chi connectivity index (χ4v) is 9.84. The third-order valence-corrected chi connectivity index (χ3v) is 12.1. The highest BCUT2D eigenvalue weighted by Gasteiger charge is 2.64. The zero-order valence-corrected chi connectivity index (χ0v) is 31.9. The maximum atomic E-state index is 13.1. The van der Waals surface area contributed by atoms with E-state index in [0.29, 0.717) is 43.9 Å². The van der Waals surface area contributed by atoms with Gasteiger partial charge in [-0.15, -0.1) is 6.58 Å². The average Bonchev–Trinajstić information content (AvgIpc) is 3.19. The predicted molar refractivity (Wildman–Crippen MR) is 212 cm³/mol. The van der Waals surface area contributed by atoms with Gasteiger partial charge in [0.2, 0.25) is 5.79 Å². The van der Waals surface area contributed by atoms with E-state index in [1.807, 2.05) is 78.8 Å². The van der Waals surface area contributed by atoms with Gasteiger partial charge in [-0.3, -0.25) is 4.98 Å². The summed E-state index contributed by atoms with van der Waals surface area (Å²) in [6, 6.07) is 19.5. The van der Waals surface area contributed by atoms with Crippen LogP contribution in [0.2, 0.25) is 0 Å². The Morgan fingerprint density at radius 2 is 1.83 bits per heavy atom. The van der Waals surface area contributed by atoms with E-state index in [-0.39, 0.29) is 42.1 Å². The van der Waals surface area contributed by atoms with E-state index < -0.39 is 11.9 Å². The molecule has 1 saturated carbocycles. The Morgan fingerprint density at radius 3 is 2.57 bits per heavy atom. The Balaban J connectivity index is 1.43. The van der Waals surface area contributed by atoms with Crippen LogP contribution in [0.25, 0.3) is 0 Å². The second kappa shape index (κ2) is 19.4. The molecule has 0 spiro atoms. The number of hydrogen-bond donors (Lipinski definition) is 3. The molecule has 3 aliphatic rings. The molecule has 11 heteroatoms. The van der Waals surface area contributed by atoms with E-state index in [4.69, 9.17) is 19.0 Å². The highest BCUT2D eigenvalue weighted by Crippen LogP contribution is 2.62. The molecular formula is C43H53N3O7S. The number of carbonyl (C=O) groups excluding carboxylic acids is 1. The number of pyridine rings is 1. The molecule has 288 valence electrons. The second-order valence-electron chi connectivity index (χ2n) is 14.1. The van der Waals surface area contributed by atoms with Crippen LogP contribution in [0.1, 0.15) is 67.6 Å². The van der Waals surface area contributed by atoms with Crippen LogP contribution in [0.15, 0.2) is 103 Å². The summed E-state index contributed by atoms with van der Waals surface area (Å²) < 4.78 is 20.1. The number of aryl methyl sites for hydroxylation is 1. The summed E-state index contributed by atoms with van der Waals surface area (Å²) in [5, 5.41) is 27.0. The summed E-state index contributed by atoms with van der Waals surface area (Å²) in [6.07, 6.45) is 13.6. The molecule has 0 saturated heterocycles. The number of aliphatic hydroxyl groups excluding tert-OH is 2. The van der Waals surface area contributed by atoms with Gasteiger partial charge in [-0.2, -0.15) is 11.8 Å². The molecule has 2 aliphatic carbocycles. The molecule has 0 radical (unpaired) electrons. The van der Waals surface area contributed by atoms with Crippen LogP contribution >= 0.6 is 11.8 Å². The molecule has 3 N–H and O–H groups in total. The molecule has 6 atom stereocenters. The quantitative estimate of drug-likeness (QED) is 0.0643. The van der Waals surface area contributed by atoms with Gasteiger partial charge in [0.1, 0.15) is 18.6 Å². The minimum atomic E-state index is -1.06. The van der Waals surface area contributed by atoms with E-state index in [1.165, 1.54) is 5.56 Å². The van der Waals surface area contributed by atoms with Gasteiger partial charge in [0.15, 0.2) is 0 Å². The van der Waals surface area contributed by atoms with Gasteiger partial charge < -0.3 is 34.6 Å². The molecule has 2 aromatic carbocycles. The lowest BCUT2D eigenvalue weighted by Gasteiger charge is -2.58. The Kier molecular flexibility index (Phi) is 14.2. The monoisotopic (exact) mass is 755 g/mol. The van der Waals surface area contributed by atoms with Crippen molar-refractivity contribution in [1.29, 1.82) is 0 Å². The number of rotatable bonds is 19. The molecule has 1 amide bonds. The van der Waals surface area contributed by atoms with Crippen LogP contribution in [-0.4, -0.2) is 70.7 Å². The summed E-state index contributed by atoms with van der Waals surface area (Å²) in [5.74, 6) is 0.834. The summed E-state index contributed by atoms with van der Waals surface area (Å²) in [6.45, 7) is 4.92. The average molecular weight is 756 g/mol. The highest BCUT2D eigenvalue weighted by atomic mass is 32.2. The molecule has 3 aromatic rings. The first kappa shape index (κ1) is 39.5. The van der Waals surface area contributed by atoms with Crippen LogP contribution < -0.4 is 14.8 Å². The SMILES string of the molecule is C=CCO[C@@]12Oc3ccc(OC(=O)NCc4ccccc4)cc3[C@H]3[C@H](CCCCO)[C@@H](CCCCO)C=C(C(=NOC)C[C@@H]1SCCc1ccncc1)[C@H]32. The summed E-state index contributed by atoms with van der Waals surface area (Å²) in [4.78, 5) is 22.8. The first-order valence-electron chi connectivity index (χ1n) is 19.1. The number of oxime groups is 1. The Hall–Kier alpha value is -4.16. The maximum absolute atomic E-state index is 13.1. The largest absolute Gasteiger partial charge is 0.460 e. The topological polar surface area (TPSA) is 132 Å². The zero-order chi connectivity index (χ0) is 37.8. The Labute approximate surface area is 323 Å². The molecular weight excluding hydrogens is 703 g/mol. The third kappa shape index (κ3) is 9.20. The fourth-order valence-electron chi connectivity index (χ4n) is 8.43.